The molecule has 0 aliphatic rings. The van der Waals surface area contributed by atoms with Crippen molar-refractivity contribution in [1.29, 1.82) is 0 Å². The van der Waals surface area contributed by atoms with Crippen LogP contribution in [0.3, 0.4) is 0 Å². The predicted octanol–water partition coefficient (Wildman–Crippen LogP) is 6.52. The number of halogens is 2. The van der Waals surface area contributed by atoms with Gasteiger partial charge < -0.3 is 19.5 Å². The zero-order valence-corrected chi connectivity index (χ0v) is 24.3. The Hall–Kier alpha value is -3.37. The van der Waals surface area contributed by atoms with Gasteiger partial charge in [-0.25, -0.2) is 10.2 Å². The van der Waals surface area contributed by atoms with Gasteiger partial charge in [-0.05, 0) is 70.7 Å². The van der Waals surface area contributed by atoms with E-state index in [0.717, 1.165) is 15.6 Å². The first-order valence-corrected chi connectivity index (χ1v) is 13.6. The van der Waals surface area contributed by atoms with Gasteiger partial charge in [-0.3, -0.25) is 4.79 Å². The van der Waals surface area contributed by atoms with Crippen molar-refractivity contribution in [3.05, 3.63) is 92.4 Å². The number of hydrazone groups is 1. The number of ether oxygens (including phenoxy) is 3. The number of alkyl carbamates (subject to hydrolysis) is 1. The third-order valence-corrected chi connectivity index (χ3v) is 6.31. The average Bonchev–Trinajstić information content (AvgIpc) is 2.90. The summed E-state index contributed by atoms with van der Waals surface area (Å²) < 4.78 is 18.5. The van der Waals surface area contributed by atoms with Crippen LogP contribution in [0.1, 0.15) is 43.0 Å². The van der Waals surface area contributed by atoms with Crippen LogP contribution in [0.5, 0.6) is 11.5 Å². The van der Waals surface area contributed by atoms with Crippen LogP contribution in [0.4, 0.5) is 4.79 Å². The van der Waals surface area contributed by atoms with Gasteiger partial charge in [-0.15, -0.1) is 0 Å². The SMILES string of the molecule is CCOC(=O)N[C@H](CC(=O)N/N=C\c1cc(Br)c(OCc2ccc(Br)cc2)c(OCC)c1)c1ccccc1. The molecule has 0 radical (unpaired) electrons. The summed E-state index contributed by atoms with van der Waals surface area (Å²) in [7, 11) is 0. The molecule has 38 heavy (non-hydrogen) atoms. The Morgan fingerprint density at radius 1 is 0.974 bits per heavy atom. The molecule has 8 nitrogen and oxygen atoms in total. The molecule has 1 atom stereocenters. The van der Waals surface area contributed by atoms with Gasteiger partial charge in [0.25, 0.3) is 0 Å². The Balaban J connectivity index is 1.66. The van der Waals surface area contributed by atoms with Crippen LogP contribution in [0.15, 0.2) is 80.8 Å². The molecular weight excluding hydrogens is 618 g/mol. The number of rotatable bonds is 12. The summed E-state index contributed by atoms with van der Waals surface area (Å²) in [5.41, 5.74) is 5.01. The van der Waals surface area contributed by atoms with Crippen LogP contribution < -0.4 is 20.2 Å². The molecule has 0 saturated heterocycles. The van der Waals surface area contributed by atoms with E-state index in [1.54, 1.807) is 13.0 Å². The average molecular weight is 647 g/mol. The molecular formula is C28H29Br2N3O5. The molecule has 0 aromatic heterocycles. The molecule has 0 unspecified atom stereocenters. The Morgan fingerprint density at radius 3 is 2.39 bits per heavy atom. The first-order valence-electron chi connectivity index (χ1n) is 12.0. The van der Waals surface area contributed by atoms with Crippen molar-refractivity contribution in [1.82, 2.24) is 10.7 Å². The van der Waals surface area contributed by atoms with E-state index in [1.165, 1.54) is 6.21 Å². The molecule has 0 aliphatic heterocycles. The number of carbonyl (C=O) groups is 2. The third-order valence-electron chi connectivity index (χ3n) is 5.19. The van der Waals surface area contributed by atoms with E-state index in [1.807, 2.05) is 67.6 Å². The highest BCUT2D eigenvalue weighted by Gasteiger charge is 2.19. The number of carbonyl (C=O) groups excluding carboxylic acids is 2. The Labute approximate surface area is 239 Å². The fourth-order valence-electron chi connectivity index (χ4n) is 3.46. The Morgan fingerprint density at radius 2 is 1.71 bits per heavy atom. The Kier molecular flexibility index (Phi) is 11.6. The molecule has 0 aliphatic carbocycles. The van der Waals surface area contributed by atoms with Gasteiger partial charge in [0.1, 0.15) is 6.61 Å². The molecule has 0 heterocycles. The zero-order valence-electron chi connectivity index (χ0n) is 21.1. The molecule has 3 aromatic carbocycles. The standard InChI is InChI=1S/C28H29Br2N3O5/c1-3-36-25-15-20(14-23(30)27(25)38-18-19-10-12-22(29)13-11-19)17-31-33-26(34)16-24(32-28(35)37-4-2)21-8-6-5-7-9-21/h5-15,17,24H,3-4,16,18H2,1-2H3,(H,32,35)(H,33,34)/b31-17-/t24-/m1/s1. The second kappa shape index (κ2) is 15.1. The third kappa shape index (κ3) is 9.18. The topological polar surface area (TPSA) is 98.2 Å². The van der Waals surface area contributed by atoms with Gasteiger partial charge in [-0.2, -0.15) is 5.10 Å². The minimum absolute atomic E-state index is 0.0170. The summed E-state index contributed by atoms with van der Waals surface area (Å²) in [5, 5.41) is 6.81. The van der Waals surface area contributed by atoms with Crippen molar-refractivity contribution in [3.8, 4) is 11.5 Å². The molecule has 2 N–H and O–H groups in total. The van der Waals surface area contributed by atoms with Crippen LogP contribution in [0, 0.1) is 0 Å². The smallest absolute Gasteiger partial charge is 0.407 e. The van der Waals surface area contributed by atoms with E-state index in [2.05, 4.69) is 47.7 Å². The minimum Gasteiger partial charge on any atom is -0.490 e. The molecule has 0 saturated carbocycles. The van der Waals surface area contributed by atoms with Gasteiger partial charge in [-0.1, -0.05) is 58.4 Å². The summed E-state index contributed by atoms with van der Waals surface area (Å²) in [4.78, 5) is 24.6. The van der Waals surface area contributed by atoms with Crippen molar-refractivity contribution in [2.45, 2.75) is 32.9 Å². The van der Waals surface area contributed by atoms with Crippen molar-refractivity contribution in [3.63, 3.8) is 0 Å². The van der Waals surface area contributed by atoms with Gasteiger partial charge in [0.15, 0.2) is 11.5 Å². The van der Waals surface area contributed by atoms with Gasteiger partial charge in [0.2, 0.25) is 5.91 Å². The van der Waals surface area contributed by atoms with Crippen LogP contribution in [0.25, 0.3) is 0 Å². The molecule has 0 fully saturated rings. The van der Waals surface area contributed by atoms with Crippen LogP contribution in [-0.4, -0.2) is 31.4 Å². The summed E-state index contributed by atoms with van der Waals surface area (Å²) in [5.74, 6) is 0.756. The lowest BCUT2D eigenvalue weighted by molar-refractivity contribution is -0.121. The van der Waals surface area contributed by atoms with Crippen LogP contribution >= 0.6 is 31.9 Å². The minimum atomic E-state index is -0.589. The first kappa shape index (κ1) is 29.2. The molecule has 3 rings (SSSR count). The maximum Gasteiger partial charge on any atom is 0.407 e. The molecule has 200 valence electrons. The number of hydrogen-bond donors (Lipinski definition) is 2. The van der Waals surface area contributed by atoms with Crippen LogP contribution in [0.2, 0.25) is 0 Å². The van der Waals surface area contributed by atoms with E-state index in [-0.39, 0.29) is 18.9 Å². The van der Waals surface area contributed by atoms with Crippen LogP contribution in [-0.2, 0) is 16.1 Å². The quantitative estimate of drug-likeness (QED) is 0.173. The molecule has 10 heteroatoms. The summed E-state index contributed by atoms with van der Waals surface area (Å²) in [6.45, 7) is 4.66. The highest BCUT2D eigenvalue weighted by Crippen LogP contribution is 2.37. The molecule has 3 aromatic rings. The largest absolute Gasteiger partial charge is 0.490 e. The number of benzene rings is 3. The number of nitrogens with zero attached hydrogens (tertiary/aromatic N) is 1. The summed E-state index contributed by atoms with van der Waals surface area (Å²) in [6.07, 6.45) is 0.907. The number of amides is 2. The number of hydrogen-bond acceptors (Lipinski definition) is 6. The fraction of sp³-hybridized carbons (Fsp3) is 0.250. The van der Waals surface area contributed by atoms with E-state index in [4.69, 9.17) is 14.2 Å². The molecule has 0 bridgehead atoms. The van der Waals surface area contributed by atoms with E-state index < -0.39 is 12.1 Å². The van der Waals surface area contributed by atoms with Crippen molar-refractivity contribution in [2.75, 3.05) is 13.2 Å². The lowest BCUT2D eigenvalue weighted by Gasteiger charge is -2.18. The lowest BCUT2D eigenvalue weighted by atomic mass is 10.0. The maximum atomic E-state index is 12.6. The van der Waals surface area contributed by atoms with Crippen molar-refractivity contribution in [2.24, 2.45) is 5.10 Å². The van der Waals surface area contributed by atoms with Gasteiger partial charge in [0, 0.05) is 4.47 Å². The zero-order chi connectivity index (χ0) is 27.3. The molecule has 0 spiro atoms. The highest BCUT2D eigenvalue weighted by molar-refractivity contribution is 9.10. The summed E-state index contributed by atoms with van der Waals surface area (Å²) in [6, 6.07) is 20.1. The molecule has 2 amide bonds. The predicted molar refractivity (Wildman–Crippen MR) is 153 cm³/mol. The monoisotopic (exact) mass is 645 g/mol. The van der Waals surface area contributed by atoms with E-state index >= 15 is 0 Å². The fourth-order valence-corrected chi connectivity index (χ4v) is 4.30. The first-order chi connectivity index (χ1) is 18.4. The van der Waals surface area contributed by atoms with Gasteiger partial charge >= 0.3 is 6.09 Å². The van der Waals surface area contributed by atoms with Crippen molar-refractivity contribution < 1.29 is 23.8 Å². The second-order valence-electron chi connectivity index (χ2n) is 8.00. The number of nitrogens with one attached hydrogen (secondary N) is 2. The normalized spacial score (nSPS) is 11.6. The highest BCUT2D eigenvalue weighted by atomic mass is 79.9. The second-order valence-corrected chi connectivity index (χ2v) is 9.77. The van der Waals surface area contributed by atoms with Crippen molar-refractivity contribution >= 4 is 50.1 Å². The van der Waals surface area contributed by atoms with E-state index in [0.29, 0.717) is 34.7 Å². The van der Waals surface area contributed by atoms with E-state index in [9.17, 15) is 9.59 Å². The summed E-state index contributed by atoms with van der Waals surface area (Å²) >= 11 is 6.99. The maximum absolute atomic E-state index is 12.6. The van der Waals surface area contributed by atoms with Gasteiger partial charge in [0.05, 0.1) is 36.4 Å². The lowest BCUT2D eigenvalue weighted by Crippen LogP contribution is -2.33. The Bertz CT molecular complexity index is 1240.